The lowest BCUT2D eigenvalue weighted by atomic mass is 10.1. The molecule has 26 heavy (non-hydrogen) atoms. The van der Waals surface area contributed by atoms with E-state index in [4.69, 9.17) is 5.73 Å². The Morgan fingerprint density at radius 2 is 1.92 bits per heavy atom. The first kappa shape index (κ1) is 23.0. The fourth-order valence-electron chi connectivity index (χ4n) is 3.21. The van der Waals surface area contributed by atoms with Crippen LogP contribution in [0.5, 0.6) is 0 Å². The third kappa shape index (κ3) is 5.71. The Bertz CT molecular complexity index is 593. The standard InChI is InChI=1S/C18H27FN4O.2ClH/c1-2-22-7-9-23(10-8-22)17-6-5-14(11-15(17)19)18(24)21-12-16(20)13-3-4-13;;/h5-6,11,13,16H,2-4,7-10,12,20H2,1H3,(H,21,24);2*1H. The number of halogens is 3. The molecule has 0 radical (unpaired) electrons. The number of likely N-dealkylation sites (N-methyl/N-ethyl adjacent to an activating group) is 1. The third-order valence-electron chi connectivity index (χ3n) is 5.10. The molecule has 0 bridgehead atoms. The Balaban J connectivity index is 0.00000169. The highest BCUT2D eigenvalue weighted by Gasteiger charge is 2.28. The van der Waals surface area contributed by atoms with Gasteiger partial charge in [-0.2, -0.15) is 0 Å². The molecule has 3 rings (SSSR count). The highest BCUT2D eigenvalue weighted by atomic mass is 35.5. The minimum atomic E-state index is -0.334. The molecule has 3 N–H and O–H groups in total. The average Bonchev–Trinajstić information content (AvgIpc) is 3.44. The molecule has 2 fully saturated rings. The molecule has 1 aromatic rings. The van der Waals surface area contributed by atoms with E-state index < -0.39 is 0 Å². The van der Waals surface area contributed by atoms with Crippen molar-refractivity contribution in [2.45, 2.75) is 25.8 Å². The Labute approximate surface area is 167 Å². The van der Waals surface area contributed by atoms with Crippen molar-refractivity contribution >= 4 is 36.4 Å². The van der Waals surface area contributed by atoms with Gasteiger partial charge in [-0.05, 0) is 43.5 Å². The first-order chi connectivity index (χ1) is 11.6. The summed E-state index contributed by atoms with van der Waals surface area (Å²) in [5.41, 5.74) is 6.91. The van der Waals surface area contributed by atoms with E-state index in [1.807, 2.05) is 4.90 Å². The zero-order valence-electron chi connectivity index (χ0n) is 15.1. The van der Waals surface area contributed by atoms with Crippen LogP contribution in [0.4, 0.5) is 10.1 Å². The van der Waals surface area contributed by atoms with Crippen molar-refractivity contribution in [3.05, 3.63) is 29.6 Å². The lowest BCUT2D eigenvalue weighted by molar-refractivity contribution is 0.0950. The third-order valence-corrected chi connectivity index (χ3v) is 5.10. The number of nitrogens with zero attached hydrogens (tertiary/aromatic N) is 2. The van der Waals surface area contributed by atoms with Crippen molar-refractivity contribution in [2.75, 3.05) is 44.2 Å². The monoisotopic (exact) mass is 406 g/mol. The molecule has 148 valence electrons. The number of anilines is 1. The average molecular weight is 407 g/mol. The van der Waals surface area contributed by atoms with Crippen molar-refractivity contribution in [1.29, 1.82) is 0 Å². The zero-order chi connectivity index (χ0) is 17.1. The van der Waals surface area contributed by atoms with E-state index in [9.17, 15) is 9.18 Å². The molecule has 1 aromatic carbocycles. The van der Waals surface area contributed by atoms with Gasteiger partial charge in [0.25, 0.3) is 5.91 Å². The largest absolute Gasteiger partial charge is 0.367 e. The predicted octanol–water partition coefficient (Wildman–Crippen LogP) is 2.28. The van der Waals surface area contributed by atoms with Crippen LogP contribution in [-0.2, 0) is 0 Å². The second-order valence-electron chi connectivity index (χ2n) is 6.80. The predicted molar refractivity (Wildman–Crippen MR) is 108 cm³/mol. The summed E-state index contributed by atoms with van der Waals surface area (Å²) in [5.74, 6) is -0.0577. The summed E-state index contributed by atoms with van der Waals surface area (Å²) < 4.78 is 14.5. The molecule has 1 saturated carbocycles. The van der Waals surface area contributed by atoms with Crippen LogP contribution < -0.4 is 16.0 Å². The zero-order valence-corrected chi connectivity index (χ0v) is 16.8. The summed E-state index contributed by atoms with van der Waals surface area (Å²) in [4.78, 5) is 16.6. The summed E-state index contributed by atoms with van der Waals surface area (Å²) in [6, 6.07) is 4.75. The van der Waals surface area contributed by atoms with Gasteiger partial charge in [0.1, 0.15) is 5.82 Å². The van der Waals surface area contributed by atoms with Crippen LogP contribution in [-0.4, -0.2) is 56.1 Å². The molecule has 1 aliphatic heterocycles. The number of carbonyl (C=O) groups excluding carboxylic acids is 1. The smallest absolute Gasteiger partial charge is 0.251 e. The topological polar surface area (TPSA) is 61.6 Å². The molecular weight excluding hydrogens is 378 g/mol. The van der Waals surface area contributed by atoms with Gasteiger partial charge in [0, 0.05) is 44.3 Å². The van der Waals surface area contributed by atoms with Gasteiger partial charge < -0.3 is 20.9 Å². The Morgan fingerprint density at radius 3 is 2.46 bits per heavy atom. The number of benzene rings is 1. The molecule has 0 aromatic heterocycles. The Kier molecular flexibility index (Phi) is 9.10. The lowest BCUT2D eigenvalue weighted by Gasteiger charge is -2.35. The minimum absolute atomic E-state index is 0. The van der Waals surface area contributed by atoms with Crippen molar-refractivity contribution in [1.82, 2.24) is 10.2 Å². The summed E-state index contributed by atoms with van der Waals surface area (Å²) in [6.07, 6.45) is 2.29. The number of carbonyl (C=O) groups is 1. The summed E-state index contributed by atoms with van der Waals surface area (Å²) in [5, 5.41) is 2.81. The minimum Gasteiger partial charge on any atom is -0.367 e. The first-order valence-electron chi connectivity index (χ1n) is 8.89. The van der Waals surface area contributed by atoms with Crippen LogP contribution in [0.1, 0.15) is 30.1 Å². The summed E-state index contributed by atoms with van der Waals surface area (Å²) >= 11 is 0. The van der Waals surface area contributed by atoms with E-state index in [-0.39, 0.29) is 42.6 Å². The number of nitrogens with one attached hydrogen (secondary N) is 1. The van der Waals surface area contributed by atoms with Gasteiger partial charge in [0.2, 0.25) is 0 Å². The van der Waals surface area contributed by atoms with Crippen molar-refractivity contribution in [3.8, 4) is 0 Å². The summed E-state index contributed by atoms with van der Waals surface area (Å²) in [7, 11) is 0. The second-order valence-corrected chi connectivity index (χ2v) is 6.80. The van der Waals surface area contributed by atoms with Gasteiger partial charge in [-0.1, -0.05) is 6.92 Å². The molecule has 0 spiro atoms. The molecule has 1 saturated heterocycles. The number of hydrogen-bond donors (Lipinski definition) is 2. The van der Waals surface area contributed by atoms with Crippen LogP contribution >= 0.6 is 24.8 Å². The van der Waals surface area contributed by atoms with Crippen LogP contribution in [0.2, 0.25) is 0 Å². The van der Waals surface area contributed by atoms with E-state index in [0.29, 0.717) is 23.7 Å². The molecule has 1 unspecified atom stereocenters. The lowest BCUT2D eigenvalue weighted by Crippen LogP contribution is -2.46. The van der Waals surface area contributed by atoms with Gasteiger partial charge in [0.15, 0.2) is 0 Å². The van der Waals surface area contributed by atoms with E-state index >= 15 is 0 Å². The highest BCUT2D eigenvalue weighted by Crippen LogP contribution is 2.31. The van der Waals surface area contributed by atoms with Crippen molar-refractivity contribution in [3.63, 3.8) is 0 Å². The number of hydrogen-bond acceptors (Lipinski definition) is 4. The number of amides is 1. The number of nitrogens with two attached hydrogens (primary N) is 1. The molecule has 8 heteroatoms. The SMILES string of the molecule is CCN1CCN(c2ccc(C(=O)NCC(N)C3CC3)cc2F)CC1.Cl.Cl. The van der Waals surface area contributed by atoms with Crippen LogP contribution in [0.25, 0.3) is 0 Å². The fraction of sp³-hybridized carbons (Fsp3) is 0.611. The fourth-order valence-corrected chi connectivity index (χ4v) is 3.21. The van der Waals surface area contributed by atoms with Crippen LogP contribution in [0, 0.1) is 11.7 Å². The van der Waals surface area contributed by atoms with Gasteiger partial charge in [-0.15, -0.1) is 24.8 Å². The van der Waals surface area contributed by atoms with E-state index in [1.165, 1.54) is 6.07 Å². The van der Waals surface area contributed by atoms with Gasteiger partial charge in [-0.3, -0.25) is 4.79 Å². The number of rotatable bonds is 6. The molecule has 2 aliphatic rings. The maximum atomic E-state index is 14.5. The Hall–Kier alpha value is -1.08. The van der Waals surface area contributed by atoms with E-state index in [2.05, 4.69) is 17.1 Å². The van der Waals surface area contributed by atoms with Crippen molar-refractivity contribution < 1.29 is 9.18 Å². The normalized spacial score (nSPS) is 18.5. The van der Waals surface area contributed by atoms with E-state index in [0.717, 1.165) is 45.6 Å². The van der Waals surface area contributed by atoms with Gasteiger partial charge >= 0.3 is 0 Å². The molecule has 1 atom stereocenters. The number of piperazine rings is 1. The quantitative estimate of drug-likeness (QED) is 0.760. The molecule has 5 nitrogen and oxygen atoms in total. The maximum Gasteiger partial charge on any atom is 0.251 e. The molecular formula is C18H29Cl2FN4O. The maximum absolute atomic E-state index is 14.5. The van der Waals surface area contributed by atoms with Crippen LogP contribution in [0.3, 0.4) is 0 Å². The van der Waals surface area contributed by atoms with Crippen molar-refractivity contribution in [2.24, 2.45) is 11.7 Å². The molecule has 1 heterocycles. The first-order valence-corrected chi connectivity index (χ1v) is 8.89. The molecule has 1 amide bonds. The summed E-state index contributed by atoms with van der Waals surface area (Å²) in [6.45, 7) is 7.12. The second kappa shape index (κ2) is 10.3. The van der Waals surface area contributed by atoms with Gasteiger partial charge in [-0.25, -0.2) is 4.39 Å². The Morgan fingerprint density at radius 1 is 1.27 bits per heavy atom. The van der Waals surface area contributed by atoms with Crippen LogP contribution in [0.15, 0.2) is 18.2 Å². The van der Waals surface area contributed by atoms with E-state index in [1.54, 1.807) is 12.1 Å². The molecule has 1 aliphatic carbocycles. The van der Waals surface area contributed by atoms with Gasteiger partial charge in [0.05, 0.1) is 5.69 Å². The highest BCUT2D eigenvalue weighted by molar-refractivity contribution is 5.94.